The van der Waals surface area contributed by atoms with Crippen LogP contribution in [0.4, 0.5) is 0 Å². The number of allylic oxidation sites excluding steroid dienone is 1. The molecule has 0 aliphatic carbocycles. The second-order valence-corrected chi connectivity index (χ2v) is 11.0. The summed E-state index contributed by atoms with van der Waals surface area (Å²) in [4.78, 5) is 97.2. The van der Waals surface area contributed by atoms with Crippen LogP contribution in [0, 0.1) is 0 Å². The quantitative estimate of drug-likeness (QED) is 0.226. The van der Waals surface area contributed by atoms with Gasteiger partial charge in [0.2, 0.25) is 23.6 Å². The number of hydrogen-bond donors (Lipinski definition) is 3. The number of carbonyl (C=O) groups is 8. The first-order chi connectivity index (χ1) is 22.4. The van der Waals surface area contributed by atoms with Gasteiger partial charge in [0.15, 0.2) is 0 Å². The number of imide groups is 4. The van der Waals surface area contributed by atoms with E-state index in [9.17, 15) is 43.5 Å². The van der Waals surface area contributed by atoms with Crippen LogP contribution in [0.2, 0.25) is 0 Å². The Kier molecular flexibility index (Phi) is 12.3. The molecular weight excluding hydrogens is 692 g/mol. The van der Waals surface area contributed by atoms with Gasteiger partial charge in [-0.2, -0.15) is 0 Å². The summed E-state index contributed by atoms with van der Waals surface area (Å²) in [5.41, 5.74) is 0.643. The number of nitrogens with zero attached hydrogens (tertiary/aromatic N) is 2. The first kappa shape index (κ1) is 37.0. The lowest BCUT2D eigenvalue weighted by molar-refractivity contribution is -0.137. The van der Waals surface area contributed by atoms with Crippen molar-refractivity contribution in [1.82, 2.24) is 20.4 Å². The van der Waals surface area contributed by atoms with E-state index < -0.39 is 59.3 Å². The fraction of sp³-hybridized carbons (Fsp3) is 0.273. The fourth-order valence-electron chi connectivity index (χ4n) is 5.15. The number of phenolic OH excluding ortho intramolecular Hbond substituents is 1. The number of amides is 8. The van der Waals surface area contributed by atoms with Crippen LogP contribution >= 0.6 is 15.9 Å². The van der Waals surface area contributed by atoms with Gasteiger partial charge in [-0.3, -0.25) is 58.8 Å². The van der Waals surface area contributed by atoms with Crippen molar-refractivity contribution in [1.29, 1.82) is 0 Å². The van der Waals surface area contributed by atoms with Gasteiger partial charge in [0.1, 0.15) is 30.2 Å². The Morgan fingerprint density at radius 3 is 1.60 bits per heavy atom. The average molecular weight is 726 g/mol. The van der Waals surface area contributed by atoms with Crippen molar-refractivity contribution in [2.24, 2.45) is 0 Å². The molecule has 0 saturated carbocycles. The van der Waals surface area contributed by atoms with Crippen LogP contribution in [0.5, 0.6) is 11.5 Å². The zero-order valence-corrected chi connectivity index (χ0v) is 26.4. The normalized spacial score (nSPS) is 19.4. The Labute approximate surface area is 283 Å². The smallest absolute Gasteiger partial charge is 0.262 e. The van der Waals surface area contributed by atoms with Crippen LogP contribution in [-0.2, 0) is 19.2 Å². The fourth-order valence-corrected chi connectivity index (χ4v) is 5.15. The molecule has 0 radical (unpaired) electrons. The lowest BCUT2D eigenvalue weighted by Gasteiger charge is -2.27. The van der Waals surface area contributed by atoms with Crippen molar-refractivity contribution in [3.8, 4) is 11.5 Å². The summed E-state index contributed by atoms with van der Waals surface area (Å²) in [7, 11) is 0. The van der Waals surface area contributed by atoms with Gasteiger partial charge in [-0.05, 0) is 49.2 Å². The minimum absolute atomic E-state index is 0. The van der Waals surface area contributed by atoms with E-state index in [1.54, 1.807) is 18.2 Å². The standard InChI is InChI=1S/C16H14N2O5.C13H10N2O5.C3H5Br.CH4/c1-2-7-23-9-3-4-10-11(8-9)16(22)18(15(10)21)12-5-6-13(19)17-14(12)20;16-6-1-2-7-8(5-6)13(20)15(12(7)19)9-3-4-10(17)14-11(9)18;1-2-3-4;/h2-4,8,12H,1,5-7H2,(H,17,19,20);1-2,5,9,16H,3-4H2,(H,14,17,18);2H,1,3H2;1H4. The van der Waals surface area contributed by atoms with Gasteiger partial charge in [0.05, 0.1) is 22.3 Å². The molecule has 4 aliphatic rings. The average Bonchev–Trinajstić information content (AvgIpc) is 3.43. The van der Waals surface area contributed by atoms with Gasteiger partial charge in [-0.1, -0.05) is 42.1 Å². The number of hydrogen-bond acceptors (Lipinski definition) is 10. The molecule has 48 heavy (non-hydrogen) atoms. The Morgan fingerprint density at radius 2 is 1.17 bits per heavy atom. The molecule has 2 saturated heterocycles. The molecule has 4 heterocycles. The summed E-state index contributed by atoms with van der Waals surface area (Å²) < 4.78 is 5.36. The minimum atomic E-state index is -0.984. The number of ether oxygens (including phenoxy) is 1. The summed E-state index contributed by atoms with van der Waals surface area (Å²) in [6, 6.07) is 6.46. The molecule has 2 atom stereocenters. The first-order valence-electron chi connectivity index (χ1n) is 14.2. The lowest BCUT2D eigenvalue weighted by atomic mass is 10.0. The van der Waals surface area contributed by atoms with Gasteiger partial charge in [0.25, 0.3) is 23.6 Å². The van der Waals surface area contributed by atoms with Gasteiger partial charge in [-0.15, -0.1) is 6.58 Å². The maximum Gasteiger partial charge on any atom is 0.262 e. The Bertz CT molecular complexity index is 1720. The molecule has 0 aromatic heterocycles. The highest BCUT2D eigenvalue weighted by atomic mass is 79.9. The van der Waals surface area contributed by atoms with Crippen LogP contribution < -0.4 is 15.4 Å². The number of rotatable bonds is 6. The second-order valence-electron chi connectivity index (χ2n) is 10.4. The minimum Gasteiger partial charge on any atom is -0.508 e. The van der Waals surface area contributed by atoms with Gasteiger partial charge < -0.3 is 9.84 Å². The van der Waals surface area contributed by atoms with Crippen molar-refractivity contribution < 1.29 is 48.2 Å². The third kappa shape index (κ3) is 7.57. The first-order valence-corrected chi connectivity index (χ1v) is 15.4. The number of halogens is 1. The van der Waals surface area contributed by atoms with E-state index >= 15 is 0 Å². The molecule has 6 rings (SSSR count). The number of piperidine rings is 2. The molecule has 2 fully saturated rings. The third-order valence-electron chi connectivity index (χ3n) is 7.31. The van der Waals surface area contributed by atoms with Crippen LogP contribution in [-0.4, -0.2) is 86.2 Å². The van der Waals surface area contributed by atoms with E-state index in [1.807, 2.05) is 0 Å². The van der Waals surface area contributed by atoms with Crippen molar-refractivity contribution in [3.05, 3.63) is 84.0 Å². The SMILES string of the molecule is C.C=CCBr.C=CCOc1ccc2c(c1)C(=O)N(C1CCC(=O)NC1=O)C2=O.O=C1CCC(N2C(=O)c3ccc(O)cc3C2=O)C(=O)N1. The molecule has 3 N–H and O–H groups in total. The van der Waals surface area contributed by atoms with Gasteiger partial charge in [-0.25, -0.2) is 0 Å². The Balaban J connectivity index is 0.000000232. The van der Waals surface area contributed by atoms with E-state index in [0.717, 1.165) is 15.1 Å². The Hall–Kier alpha value is -5.44. The van der Waals surface area contributed by atoms with Crippen molar-refractivity contribution >= 4 is 63.2 Å². The van der Waals surface area contributed by atoms with Gasteiger partial charge in [0, 0.05) is 18.2 Å². The number of benzene rings is 2. The van der Waals surface area contributed by atoms with E-state index in [1.165, 1.54) is 30.3 Å². The molecule has 2 aromatic carbocycles. The molecular formula is C33H33BrN4O10. The van der Waals surface area contributed by atoms with E-state index in [0.29, 0.717) is 5.75 Å². The monoisotopic (exact) mass is 724 g/mol. The van der Waals surface area contributed by atoms with Crippen molar-refractivity contribution in [2.75, 3.05) is 11.9 Å². The largest absolute Gasteiger partial charge is 0.508 e. The molecule has 14 nitrogen and oxygen atoms in total. The molecule has 0 bridgehead atoms. The molecule has 4 aliphatic heterocycles. The summed E-state index contributed by atoms with van der Waals surface area (Å²) in [6.07, 6.45) is 3.78. The highest BCUT2D eigenvalue weighted by Crippen LogP contribution is 2.31. The van der Waals surface area contributed by atoms with E-state index in [4.69, 9.17) is 4.74 Å². The lowest BCUT2D eigenvalue weighted by Crippen LogP contribution is -2.54. The van der Waals surface area contributed by atoms with Crippen molar-refractivity contribution in [2.45, 2.75) is 45.2 Å². The van der Waals surface area contributed by atoms with Crippen LogP contribution in [0.1, 0.15) is 74.5 Å². The van der Waals surface area contributed by atoms with Crippen LogP contribution in [0.15, 0.2) is 61.7 Å². The van der Waals surface area contributed by atoms with Crippen LogP contribution in [0.3, 0.4) is 0 Å². The molecule has 252 valence electrons. The summed E-state index contributed by atoms with van der Waals surface area (Å²) in [6.45, 7) is 7.24. The maximum atomic E-state index is 12.5. The zero-order valence-electron chi connectivity index (χ0n) is 24.8. The maximum absolute atomic E-state index is 12.5. The van der Waals surface area contributed by atoms with E-state index in [-0.39, 0.29) is 67.7 Å². The highest BCUT2D eigenvalue weighted by molar-refractivity contribution is 9.09. The number of aromatic hydroxyl groups is 1. The van der Waals surface area contributed by atoms with Crippen molar-refractivity contribution in [3.63, 3.8) is 0 Å². The number of fused-ring (bicyclic) bond motifs is 2. The third-order valence-corrected chi connectivity index (χ3v) is 7.77. The number of alkyl halides is 1. The molecule has 8 amide bonds. The predicted molar refractivity (Wildman–Crippen MR) is 174 cm³/mol. The van der Waals surface area contributed by atoms with Gasteiger partial charge >= 0.3 is 0 Å². The second kappa shape index (κ2) is 15.9. The molecule has 2 aromatic rings. The molecule has 2 unspecified atom stereocenters. The van der Waals surface area contributed by atoms with E-state index in [2.05, 4.69) is 39.7 Å². The number of nitrogens with one attached hydrogen (secondary N) is 2. The topological polar surface area (TPSA) is 197 Å². The zero-order chi connectivity index (χ0) is 34.4. The Morgan fingerprint density at radius 1 is 0.729 bits per heavy atom. The summed E-state index contributed by atoms with van der Waals surface area (Å²) in [5.74, 6) is -4.08. The summed E-state index contributed by atoms with van der Waals surface area (Å²) in [5, 5.41) is 14.5. The number of phenols is 1. The highest BCUT2D eigenvalue weighted by Gasteiger charge is 2.46. The summed E-state index contributed by atoms with van der Waals surface area (Å²) >= 11 is 3.13. The predicted octanol–water partition coefficient (Wildman–Crippen LogP) is 2.65. The molecule has 0 spiro atoms. The van der Waals surface area contributed by atoms with Crippen LogP contribution in [0.25, 0.3) is 0 Å². The molecule has 15 heteroatoms. The number of carbonyl (C=O) groups excluding carboxylic acids is 8.